The number of benzene rings is 1. The molecule has 0 saturated carbocycles. The van der Waals surface area contributed by atoms with E-state index in [0.717, 1.165) is 12.1 Å². The van der Waals surface area contributed by atoms with Gasteiger partial charge in [0.05, 0.1) is 18.8 Å². The van der Waals surface area contributed by atoms with Crippen molar-refractivity contribution in [2.24, 2.45) is 0 Å². The molecular formula is C13H15F2NO3. The second kappa shape index (κ2) is 5.63. The molecule has 2 atom stereocenters. The van der Waals surface area contributed by atoms with Gasteiger partial charge in [-0.2, -0.15) is 0 Å². The van der Waals surface area contributed by atoms with Crippen molar-refractivity contribution < 1.29 is 23.4 Å². The number of rotatable bonds is 3. The summed E-state index contributed by atoms with van der Waals surface area (Å²) in [5.74, 6) is -2.10. The van der Waals surface area contributed by atoms with Crippen LogP contribution in [0.4, 0.5) is 8.78 Å². The van der Waals surface area contributed by atoms with Crippen LogP contribution in [0.2, 0.25) is 0 Å². The van der Waals surface area contributed by atoms with Crippen LogP contribution >= 0.6 is 0 Å². The van der Waals surface area contributed by atoms with Crippen molar-refractivity contribution >= 4 is 5.91 Å². The van der Waals surface area contributed by atoms with Gasteiger partial charge in [-0.15, -0.1) is 0 Å². The number of aliphatic hydroxyl groups excluding tert-OH is 1. The Bertz CT molecular complexity index is 461. The van der Waals surface area contributed by atoms with Crippen molar-refractivity contribution in [3.63, 3.8) is 0 Å². The lowest BCUT2D eigenvalue weighted by atomic mass is 10.1. The van der Waals surface area contributed by atoms with Gasteiger partial charge in [-0.1, -0.05) is 0 Å². The Morgan fingerprint density at radius 1 is 1.42 bits per heavy atom. The summed E-state index contributed by atoms with van der Waals surface area (Å²) in [6, 6.07) is 2.30. The van der Waals surface area contributed by atoms with Crippen LogP contribution in [0.3, 0.4) is 0 Å². The Labute approximate surface area is 109 Å². The fourth-order valence-electron chi connectivity index (χ4n) is 2.31. The molecule has 4 nitrogen and oxygen atoms in total. The fourth-order valence-corrected chi connectivity index (χ4v) is 2.31. The number of methoxy groups -OCH3 is 1. The van der Waals surface area contributed by atoms with Gasteiger partial charge in [0, 0.05) is 25.3 Å². The second-order valence-electron chi connectivity index (χ2n) is 4.55. The third kappa shape index (κ3) is 2.90. The molecule has 1 heterocycles. The average Bonchev–Trinajstić information content (AvgIpc) is 2.80. The second-order valence-corrected chi connectivity index (χ2v) is 4.55. The van der Waals surface area contributed by atoms with Crippen LogP contribution in [-0.2, 0) is 4.74 Å². The first-order valence-corrected chi connectivity index (χ1v) is 5.96. The van der Waals surface area contributed by atoms with E-state index in [1.807, 2.05) is 0 Å². The SMILES string of the molecule is CO[C@H]1C[C@@H](CO)N(C(=O)c2cc(F)cc(F)c2)C1. The molecule has 0 unspecified atom stereocenters. The van der Waals surface area contributed by atoms with Gasteiger partial charge < -0.3 is 14.7 Å². The molecule has 1 amide bonds. The van der Waals surface area contributed by atoms with E-state index in [4.69, 9.17) is 4.74 Å². The average molecular weight is 271 g/mol. The van der Waals surface area contributed by atoms with E-state index in [2.05, 4.69) is 0 Å². The highest BCUT2D eigenvalue weighted by molar-refractivity contribution is 5.94. The zero-order chi connectivity index (χ0) is 14.0. The highest BCUT2D eigenvalue weighted by atomic mass is 19.1. The molecule has 0 bridgehead atoms. The summed E-state index contributed by atoms with van der Waals surface area (Å²) in [6.07, 6.45) is 0.343. The van der Waals surface area contributed by atoms with Gasteiger partial charge >= 0.3 is 0 Å². The quantitative estimate of drug-likeness (QED) is 0.898. The van der Waals surface area contributed by atoms with E-state index in [-0.39, 0.29) is 24.3 Å². The van der Waals surface area contributed by atoms with Gasteiger partial charge in [-0.25, -0.2) is 8.78 Å². The number of carbonyl (C=O) groups is 1. The molecule has 0 aliphatic carbocycles. The minimum atomic E-state index is -0.800. The molecule has 6 heteroatoms. The summed E-state index contributed by atoms with van der Waals surface area (Å²) in [7, 11) is 1.52. The van der Waals surface area contributed by atoms with Gasteiger partial charge in [-0.05, 0) is 18.6 Å². The molecule has 19 heavy (non-hydrogen) atoms. The van der Waals surface area contributed by atoms with Crippen LogP contribution in [0.5, 0.6) is 0 Å². The lowest BCUT2D eigenvalue weighted by Crippen LogP contribution is -2.38. The molecule has 1 aromatic rings. The molecule has 1 N–H and O–H groups in total. The third-order valence-electron chi connectivity index (χ3n) is 3.29. The predicted molar refractivity (Wildman–Crippen MR) is 63.7 cm³/mol. The number of hydrogen-bond acceptors (Lipinski definition) is 3. The van der Waals surface area contributed by atoms with Gasteiger partial charge in [-0.3, -0.25) is 4.79 Å². The Morgan fingerprint density at radius 3 is 2.58 bits per heavy atom. The third-order valence-corrected chi connectivity index (χ3v) is 3.29. The van der Waals surface area contributed by atoms with E-state index >= 15 is 0 Å². The maximum atomic E-state index is 13.1. The van der Waals surface area contributed by atoms with E-state index in [1.165, 1.54) is 12.0 Å². The first kappa shape index (κ1) is 13.9. The maximum absolute atomic E-state index is 13.1. The minimum Gasteiger partial charge on any atom is -0.394 e. The molecular weight excluding hydrogens is 256 g/mol. The minimum absolute atomic E-state index is 0.0623. The summed E-state index contributed by atoms with van der Waals surface area (Å²) in [5.41, 5.74) is -0.0623. The topological polar surface area (TPSA) is 49.8 Å². The number of amides is 1. The first-order chi connectivity index (χ1) is 9.05. The highest BCUT2D eigenvalue weighted by Crippen LogP contribution is 2.22. The molecule has 1 fully saturated rings. The fraction of sp³-hybridized carbons (Fsp3) is 0.462. The highest BCUT2D eigenvalue weighted by Gasteiger charge is 2.35. The van der Waals surface area contributed by atoms with Crippen molar-refractivity contribution in [1.29, 1.82) is 0 Å². The lowest BCUT2D eigenvalue weighted by molar-refractivity contribution is 0.0647. The molecule has 1 aromatic carbocycles. The number of ether oxygens (including phenoxy) is 1. The maximum Gasteiger partial charge on any atom is 0.254 e. The Morgan fingerprint density at radius 2 is 2.05 bits per heavy atom. The smallest absolute Gasteiger partial charge is 0.254 e. The molecule has 2 rings (SSSR count). The Balaban J connectivity index is 2.23. The molecule has 0 radical (unpaired) electrons. The van der Waals surface area contributed by atoms with Crippen LogP contribution < -0.4 is 0 Å². The summed E-state index contributed by atoms with van der Waals surface area (Å²) < 4.78 is 31.4. The summed E-state index contributed by atoms with van der Waals surface area (Å²) in [6.45, 7) is 0.0993. The summed E-state index contributed by atoms with van der Waals surface area (Å²) in [4.78, 5) is 13.6. The molecule has 104 valence electrons. The van der Waals surface area contributed by atoms with E-state index in [1.54, 1.807) is 0 Å². The van der Waals surface area contributed by atoms with Gasteiger partial charge in [0.25, 0.3) is 5.91 Å². The van der Waals surface area contributed by atoms with Crippen molar-refractivity contribution in [3.8, 4) is 0 Å². The van der Waals surface area contributed by atoms with Gasteiger partial charge in [0.1, 0.15) is 11.6 Å². The van der Waals surface area contributed by atoms with E-state index in [0.29, 0.717) is 19.0 Å². The van der Waals surface area contributed by atoms with Crippen molar-refractivity contribution in [3.05, 3.63) is 35.4 Å². The number of hydrogen-bond donors (Lipinski definition) is 1. The number of likely N-dealkylation sites (tertiary alicyclic amines) is 1. The first-order valence-electron chi connectivity index (χ1n) is 5.96. The van der Waals surface area contributed by atoms with Crippen molar-refractivity contribution in [2.45, 2.75) is 18.6 Å². The standard InChI is InChI=1S/C13H15F2NO3/c1-19-12-5-11(7-17)16(6-12)13(18)8-2-9(14)4-10(15)3-8/h2-4,11-12,17H,5-7H2,1H3/t11-,12-/m0/s1. The van der Waals surface area contributed by atoms with Crippen LogP contribution in [-0.4, -0.2) is 48.3 Å². The Hall–Kier alpha value is -1.53. The zero-order valence-electron chi connectivity index (χ0n) is 10.5. The number of aliphatic hydroxyl groups is 1. The summed E-state index contributed by atoms with van der Waals surface area (Å²) in [5, 5.41) is 9.26. The molecule has 1 aliphatic rings. The summed E-state index contributed by atoms with van der Waals surface area (Å²) >= 11 is 0. The van der Waals surface area contributed by atoms with Gasteiger partial charge in [0.15, 0.2) is 0 Å². The van der Waals surface area contributed by atoms with E-state index < -0.39 is 17.5 Å². The van der Waals surface area contributed by atoms with Crippen molar-refractivity contribution in [1.82, 2.24) is 4.90 Å². The van der Waals surface area contributed by atoms with Crippen LogP contribution in [0.15, 0.2) is 18.2 Å². The monoisotopic (exact) mass is 271 g/mol. The molecule has 1 aliphatic heterocycles. The van der Waals surface area contributed by atoms with Gasteiger partial charge in [0.2, 0.25) is 0 Å². The van der Waals surface area contributed by atoms with Crippen molar-refractivity contribution in [2.75, 3.05) is 20.3 Å². The molecule has 0 aromatic heterocycles. The zero-order valence-corrected chi connectivity index (χ0v) is 10.5. The van der Waals surface area contributed by atoms with Crippen LogP contribution in [0.1, 0.15) is 16.8 Å². The predicted octanol–water partition coefficient (Wildman–Crippen LogP) is 1.19. The molecule has 0 spiro atoms. The lowest BCUT2D eigenvalue weighted by Gasteiger charge is -2.22. The molecule has 1 saturated heterocycles. The Kier molecular flexibility index (Phi) is 4.11. The number of carbonyl (C=O) groups excluding carboxylic acids is 1. The van der Waals surface area contributed by atoms with Crippen LogP contribution in [0, 0.1) is 11.6 Å². The number of halogens is 2. The normalized spacial score (nSPS) is 22.8. The largest absolute Gasteiger partial charge is 0.394 e. The van der Waals surface area contributed by atoms with Crippen LogP contribution in [0.25, 0.3) is 0 Å². The number of nitrogens with zero attached hydrogens (tertiary/aromatic N) is 1. The van der Waals surface area contributed by atoms with E-state index in [9.17, 15) is 18.7 Å².